The fourth-order valence-electron chi connectivity index (χ4n) is 4.16. The first-order chi connectivity index (χ1) is 16.0. The third kappa shape index (κ3) is 5.65. The van der Waals surface area contributed by atoms with Crippen molar-refractivity contribution in [3.8, 4) is 5.75 Å². The van der Waals surface area contributed by atoms with E-state index in [-0.39, 0.29) is 28.0 Å². The largest absolute Gasteiger partial charge is 0.490 e. The van der Waals surface area contributed by atoms with E-state index < -0.39 is 0 Å². The molecule has 2 N–H and O–H groups in total. The van der Waals surface area contributed by atoms with E-state index >= 15 is 0 Å². The molecule has 1 aromatic heterocycles. The number of rotatable bonds is 9. The zero-order valence-electron chi connectivity index (χ0n) is 18.6. The normalized spacial score (nSPS) is 17.1. The Morgan fingerprint density at radius 3 is 2.67 bits per heavy atom. The van der Waals surface area contributed by atoms with Crippen LogP contribution in [0.5, 0.6) is 5.75 Å². The van der Waals surface area contributed by atoms with Crippen LogP contribution >= 0.6 is 34.5 Å². The van der Waals surface area contributed by atoms with Crippen molar-refractivity contribution < 1.29 is 19.1 Å². The zero-order valence-corrected chi connectivity index (χ0v) is 20.9. The summed E-state index contributed by atoms with van der Waals surface area (Å²) in [5.74, 6) is -0.157. The number of fused-ring (bicyclic) bond motifs is 1. The molecule has 4 rings (SSSR count). The molecule has 2 amide bonds. The number of carbonyl (C=O) groups excluding carboxylic acids is 2. The first-order valence-electron chi connectivity index (χ1n) is 11.5. The predicted molar refractivity (Wildman–Crippen MR) is 132 cm³/mol. The van der Waals surface area contributed by atoms with Gasteiger partial charge in [-0.15, -0.1) is 11.3 Å². The molecule has 1 unspecified atom stereocenters. The maximum atomic E-state index is 13.1. The molecule has 0 spiro atoms. The van der Waals surface area contributed by atoms with E-state index in [0.29, 0.717) is 35.0 Å². The van der Waals surface area contributed by atoms with Gasteiger partial charge in [-0.3, -0.25) is 9.59 Å². The molecule has 2 aliphatic rings. The summed E-state index contributed by atoms with van der Waals surface area (Å²) >= 11 is 14.2. The molecule has 1 saturated heterocycles. The lowest BCUT2D eigenvalue weighted by atomic mass is 10.1. The molecule has 1 atom stereocenters. The maximum absolute atomic E-state index is 13.1. The monoisotopic (exact) mass is 510 g/mol. The Bertz CT molecular complexity index is 1010. The summed E-state index contributed by atoms with van der Waals surface area (Å²) in [6.45, 7) is 3.79. The minimum atomic E-state index is -0.369. The minimum absolute atomic E-state index is 0.0565. The van der Waals surface area contributed by atoms with Crippen LogP contribution in [0.15, 0.2) is 12.1 Å². The molecule has 1 aliphatic carbocycles. The van der Waals surface area contributed by atoms with Crippen molar-refractivity contribution in [2.45, 2.75) is 58.0 Å². The van der Waals surface area contributed by atoms with Gasteiger partial charge in [0, 0.05) is 23.6 Å². The van der Waals surface area contributed by atoms with Gasteiger partial charge in [0.1, 0.15) is 5.00 Å². The molecule has 33 heavy (non-hydrogen) atoms. The first kappa shape index (κ1) is 24.3. The summed E-state index contributed by atoms with van der Waals surface area (Å²) in [6, 6.07) is 3.09. The molecule has 0 bridgehead atoms. The van der Waals surface area contributed by atoms with E-state index in [1.807, 2.05) is 0 Å². The molecule has 2 aromatic rings. The van der Waals surface area contributed by atoms with Gasteiger partial charge in [0.25, 0.3) is 11.8 Å². The second-order valence-electron chi connectivity index (χ2n) is 8.33. The number of ether oxygens (including phenoxy) is 2. The highest BCUT2D eigenvalue weighted by Gasteiger charge is 2.28. The number of carbonyl (C=O) groups is 2. The number of amides is 2. The number of nitrogens with one attached hydrogen (secondary N) is 2. The van der Waals surface area contributed by atoms with E-state index in [1.54, 1.807) is 12.1 Å². The average Bonchev–Trinajstić information content (AvgIpc) is 3.51. The Morgan fingerprint density at radius 1 is 1.18 bits per heavy atom. The average molecular weight is 511 g/mol. The van der Waals surface area contributed by atoms with Crippen LogP contribution in [0.25, 0.3) is 0 Å². The van der Waals surface area contributed by atoms with Crippen LogP contribution in [-0.2, 0) is 17.6 Å². The van der Waals surface area contributed by atoms with E-state index in [9.17, 15) is 9.59 Å². The topological polar surface area (TPSA) is 76.7 Å². The van der Waals surface area contributed by atoms with Gasteiger partial charge in [0.15, 0.2) is 5.75 Å². The Morgan fingerprint density at radius 2 is 1.97 bits per heavy atom. The van der Waals surface area contributed by atoms with Crippen LogP contribution in [0.3, 0.4) is 0 Å². The Labute approximate surface area is 207 Å². The molecule has 2 heterocycles. The number of anilines is 1. The molecule has 0 saturated carbocycles. The third-order valence-electron chi connectivity index (χ3n) is 5.89. The van der Waals surface area contributed by atoms with Crippen molar-refractivity contribution in [3.05, 3.63) is 43.7 Å². The summed E-state index contributed by atoms with van der Waals surface area (Å²) < 4.78 is 11.3. The lowest BCUT2D eigenvalue weighted by Gasteiger charge is -2.13. The van der Waals surface area contributed by atoms with E-state index in [0.717, 1.165) is 62.0 Å². The molecular weight excluding hydrogens is 483 g/mol. The van der Waals surface area contributed by atoms with Crippen molar-refractivity contribution in [2.24, 2.45) is 0 Å². The van der Waals surface area contributed by atoms with Crippen LogP contribution in [0.2, 0.25) is 10.0 Å². The molecular formula is C24H28Cl2N2O4S. The van der Waals surface area contributed by atoms with Gasteiger partial charge in [-0.2, -0.15) is 0 Å². The number of unbranched alkanes of at least 4 members (excludes halogenated alkanes) is 1. The minimum Gasteiger partial charge on any atom is -0.490 e. The fourth-order valence-corrected chi connectivity index (χ4v) is 6.03. The molecule has 178 valence electrons. The van der Waals surface area contributed by atoms with E-state index in [2.05, 4.69) is 17.6 Å². The number of benzene rings is 1. The summed E-state index contributed by atoms with van der Waals surface area (Å²) in [5, 5.41) is 7.04. The van der Waals surface area contributed by atoms with Gasteiger partial charge in [-0.25, -0.2) is 0 Å². The lowest BCUT2D eigenvalue weighted by Crippen LogP contribution is -2.32. The fraction of sp³-hybridized carbons (Fsp3) is 0.500. The van der Waals surface area contributed by atoms with Gasteiger partial charge < -0.3 is 20.1 Å². The van der Waals surface area contributed by atoms with Crippen LogP contribution in [0, 0.1) is 0 Å². The molecule has 1 fully saturated rings. The van der Waals surface area contributed by atoms with Crippen molar-refractivity contribution in [2.75, 3.05) is 25.1 Å². The first-order valence-corrected chi connectivity index (χ1v) is 13.0. The Kier molecular flexibility index (Phi) is 8.17. The highest BCUT2D eigenvalue weighted by atomic mass is 35.5. The smallest absolute Gasteiger partial charge is 0.256 e. The Hall–Kier alpha value is -1.80. The maximum Gasteiger partial charge on any atom is 0.256 e. The highest BCUT2D eigenvalue weighted by molar-refractivity contribution is 7.17. The van der Waals surface area contributed by atoms with Crippen molar-refractivity contribution in [1.29, 1.82) is 0 Å². The predicted octanol–water partition coefficient (Wildman–Crippen LogP) is 5.88. The molecule has 0 radical (unpaired) electrons. The SMILES string of the molecule is CCCCOc1c(Cl)cc(C(=O)Nc2sc3c(c2C(=O)NCC2CCCO2)CCC3)cc1Cl. The number of hydrogen-bond donors (Lipinski definition) is 2. The van der Waals surface area contributed by atoms with E-state index in [1.165, 1.54) is 11.3 Å². The summed E-state index contributed by atoms with van der Waals surface area (Å²) in [4.78, 5) is 27.3. The van der Waals surface area contributed by atoms with E-state index in [4.69, 9.17) is 32.7 Å². The quantitative estimate of drug-likeness (QED) is 0.412. The van der Waals surface area contributed by atoms with Gasteiger partial charge in [0.2, 0.25) is 0 Å². The van der Waals surface area contributed by atoms with Gasteiger partial charge in [0.05, 0.1) is 28.3 Å². The number of halogens is 2. The second kappa shape index (κ2) is 11.1. The standard InChI is InChI=1S/C24H28Cl2N2O4S/c1-2-3-9-32-21-17(25)11-14(12-18(21)26)22(29)28-24-20(16-7-4-8-19(16)33-24)23(30)27-13-15-6-5-10-31-15/h11-12,15H,2-10,13H2,1H3,(H,27,30)(H,28,29). The summed E-state index contributed by atoms with van der Waals surface area (Å²) in [5.41, 5.74) is 1.92. The molecule has 9 heteroatoms. The molecule has 1 aromatic carbocycles. The number of hydrogen-bond acceptors (Lipinski definition) is 5. The van der Waals surface area contributed by atoms with Crippen molar-refractivity contribution >= 4 is 51.4 Å². The number of aryl methyl sites for hydroxylation is 1. The van der Waals surface area contributed by atoms with Gasteiger partial charge in [-0.05, 0) is 56.2 Å². The summed E-state index contributed by atoms with van der Waals surface area (Å²) in [7, 11) is 0. The Balaban J connectivity index is 1.50. The van der Waals surface area contributed by atoms with Crippen LogP contribution in [0.4, 0.5) is 5.00 Å². The zero-order chi connectivity index (χ0) is 23.4. The summed E-state index contributed by atoms with van der Waals surface area (Å²) in [6.07, 6.45) is 6.68. The molecule has 6 nitrogen and oxygen atoms in total. The molecule has 1 aliphatic heterocycles. The number of thiophene rings is 1. The third-order valence-corrected chi connectivity index (χ3v) is 7.66. The van der Waals surface area contributed by atoms with Gasteiger partial charge >= 0.3 is 0 Å². The van der Waals surface area contributed by atoms with Crippen LogP contribution < -0.4 is 15.4 Å². The van der Waals surface area contributed by atoms with Crippen molar-refractivity contribution in [1.82, 2.24) is 5.32 Å². The van der Waals surface area contributed by atoms with Crippen LogP contribution in [-0.4, -0.2) is 37.7 Å². The van der Waals surface area contributed by atoms with Gasteiger partial charge in [-0.1, -0.05) is 36.5 Å². The van der Waals surface area contributed by atoms with Crippen molar-refractivity contribution in [3.63, 3.8) is 0 Å². The lowest BCUT2D eigenvalue weighted by molar-refractivity contribution is 0.0858. The highest BCUT2D eigenvalue weighted by Crippen LogP contribution is 2.40. The second-order valence-corrected chi connectivity index (χ2v) is 10.3. The van der Waals surface area contributed by atoms with Crippen LogP contribution in [0.1, 0.15) is 70.2 Å².